The molecule has 7 heteroatoms. The molecule has 0 spiro atoms. The molecule has 2 aromatic rings. The number of hydrogen-bond donors (Lipinski definition) is 2. The van der Waals surface area contributed by atoms with Crippen LogP contribution < -0.4 is 4.74 Å². The first-order valence-corrected chi connectivity index (χ1v) is 11.3. The molecular formula is C24H30ClNO5. The summed E-state index contributed by atoms with van der Waals surface area (Å²) in [6, 6.07) is 13.9. The summed E-state index contributed by atoms with van der Waals surface area (Å²) in [5, 5.41) is 20.7. The molecule has 0 radical (unpaired) electrons. The van der Waals surface area contributed by atoms with Crippen molar-refractivity contribution < 1.29 is 24.4 Å². The summed E-state index contributed by atoms with van der Waals surface area (Å²) in [5.41, 5.74) is 3.00. The zero-order valence-electron chi connectivity index (χ0n) is 17.7. The maximum atomic E-state index is 10.1. The van der Waals surface area contributed by atoms with Gasteiger partial charge in [0.15, 0.2) is 6.29 Å². The zero-order chi connectivity index (χ0) is 21.8. The minimum atomic E-state index is -0.964. The maximum Gasteiger partial charge on any atom is 0.157 e. The van der Waals surface area contributed by atoms with E-state index in [1.165, 1.54) is 0 Å². The van der Waals surface area contributed by atoms with Crippen molar-refractivity contribution in [1.29, 1.82) is 0 Å². The van der Waals surface area contributed by atoms with Gasteiger partial charge in [-0.25, -0.2) is 0 Å². The van der Waals surface area contributed by atoms with E-state index in [-0.39, 0.29) is 18.6 Å². The molecule has 4 rings (SSSR count). The smallest absolute Gasteiger partial charge is 0.157 e. The van der Waals surface area contributed by atoms with Crippen molar-refractivity contribution in [3.8, 4) is 5.75 Å². The minimum Gasteiger partial charge on any atom is -0.494 e. The van der Waals surface area contributed by atoms with Crippen molar-refractivity contribution in [3.05, 3.63) is 64.2 Å². The normalized spacial score (nSPS) is 25.9. The molecule has 2 aliphatic heterocycles. The summed E-state index contributed by atoms with van der Waals surface area (Å²) in [6.07, 6.45) is -1.24. The highest BCUT2D eigenvalue weighted by Crippen LogP contribution is 2.38. The molecule has 2 aliphatic rings. The van der Waals surface area contributed by atoms with Crippen LogP contribution in [0.25, 0.3) is 0 Å². The van der Waals surface area contributed by atoms with E-state index in [9.17, 15) is 10.2 Å². The molecule has 0 bridgehead atoms. The summed E-state index contributed by atoms with van der Waals surface area (Å²) >= 11 is 6.72. The Labute approximate surface area is 188 Å². The van der Waals surface area contributed by atoms with Gasteiger partial charge in [0.2, 0.25) is 0 Å². The van der Waals surface area contributed by atoms with Crippen molar-refractivity contribution in [2.45, 2.75) is 44.3 Å². The van der Waals surface area contributed by atoms with Crippen LogP contribution in [-0.2, 0) is 9.47 Å². The fourth-order valence-corrected chi connectivity index (χ4v) is 4.62. The summed E-state index contributed by atoms with van der Waals surface area (Å²) in [4.78, 5) is 2.37. The van der Waals surface area contributed by atoms with Gasteiger partial charge in [0.1, 0.15) is 5.75 Å². The molecule has 6 nitrogen and oxygen atoms in total. The molecule has 31 heavy (non-hydrogen) atoms. The number of halogens is 1. The molecule has 2 heterocycles. The van der Waals surface area contributed by atoms with Gasteiger partial charge in [-0.1, -0.05) is 29.8 Å². The number of benzene rings is 2. The van der Waals surface area contributed by atoms with Crippen molar-refractivity contribution in [2.75, 3.05) is 32.9 Å². The standard InChI is InChI=1S/C24H30ClNO5/c1-2-30-19-6-3-16(4-7-19)24(26-9-11-29-12-10-26)20-13-17(5-8-21(20)25)22-14-18(27)15-23(28)31-22/h3-8,13,18,22-24,27-28H,2,9-12,14-15H2,1H3/t18?,22-,23?,24?/m1/s1. The Morgan fingerprint density at radius 1 is 1.10 bits per heavy atom. The number of ether oxygens (including phenoxy) is 3. The van der Waals surface area contributed by atoms with Gasteiger partial charge in [-0.15, -0.1) is 0 Å². The molecule has 2 saturated heterocycles. The van der Waals surface area contributed by atoms with Crippen LogP contribution in [-0.4, -0.2) is 60.4 Å². The molecule has 3 unspecified atom stereocenters. The number of morpholine rings is 1. The molecule has 0 aliphatic carbocycles. The number of hydrogen-bond acceptors (Lipinski definition) is 6. The third-order valence-electron chi connectivity index (χ3n) is 5.89. The second-order valence-corrected chi connectivity index (χ2v) is 8.45. The molecule has 0 saturated carbocycles. The van der Waals surface area contributed by atoms with Gasteiger partial charge >= 0.3 is 0 Å². The highest BCUT2D eigenvalue weighted by atomic mass is 35.5. The van der Waals surface area contributed by atoms with Crippen LogP contribution in [0.2, 0.25) is 5.02 Å². The highest BCUT2D eigenvalue weighted by Gasteiger charge is 2.31. The SMILES string of the molecule is CCOc1ccc(C(c2cc([C@H]3CC(O)CC(O)O3)ccc2Cl)N2CCOCC2)cc1. The van der Waals surface area contributed by atoms with Gasteiger partial charge in [0.05, 0.1) is 38.1 Å². The number of nitrogens with zero attached hydrogens (tertiary/aromatic N) is 1. The average molecular weight is 448 g/mol. The van der Waals surface area contributed by atoms with Gasteiger partial charge in [-0.3, -0.25) is 4.90 Å². The average Bonchev–Trinajstić information content (AvgIpc) is 2.77. The fourth-order valence-electron chi connectivity index (χ4n) is 4.40. The highest BCUT2D eigenvalue weighted by molar-refractivity contribution is 6.31. The Morgan fingerprint density at radius 2 is 1.84 bits per heavy atom. The summed E-state index contributed by atoms with van der Waals surface area (Å²) in [7, 11) is 0. The molecular weight excluding hydrogens is 418 g/mol. The van der Waals surface area contributed by atoms with Crippen LogP contribution in [0.5, 0.6) is 5.75 Å². The van der Waals surface area contributed by atoms with Crippen LogP contribution in [0.1, 0.15) is 48.6 Å². The molecule has 168 valence electrons. The molecule has 0 aromatic heterocycles. The first kappa shape index (κ1) is 22.5. The Kier molecular flexibility index (Phi) is 7.48. The summed E-state index contributed by atoms with van der Waals surface area (Å²) in [6.45, 7) is 5.55. The van der Waals surface area contributed by atoms with Gasteiger partial charge in [-0.05, 0) is 47.9 Å². The lowest BCUT2D eigenvalue weighted by atomic mass is 9.92. The Bertz CT molecular complexity index is 846. The van der Waals surface area contributed by atoms with E-state index in [1.807, 2.05) is 37.3 Å². The van der Waals surface area contributed by atoms with Crippen molar-refractivity contribution >= 4 is 11.6 Å². The lowest BCUT2D eigenvalue weighted by molar-refractivity contribution is -0.191. The summed E-state index contributed by atoms with van der Waals surface area (Å²) in [5.74, 6) is 0.838. The Balaban J connectivity index is 1.70. The van der Waals surface area contributed by atoms with E-state index in [2.05, 4.69) is 17.0 Å². The largest absolute Gasteiger partial charge is 0.494 e. The maximum absolute atomic E-state index is 10.1. The van der Waals surface area contributed by atoms with E-state index in [1.54, 1.807) is 0 Å². The first-order chi connectivity index (χ1) is 15.0. The van der Waals surface area contributed by atoms with Crippen LogP contribution in [0, 0.1) is 0 Å². The van der Waals surface area contributed by atoms with E-state index in [0.717, 1.165) is 35.5 Å². The van der Waals surface area contributed by atoms with Gasteiger partial charge in [-0.2, -0.15) is 0 Å². The van der Waals surface area contributed by atoms with Crippen LogP contribution in [0.4, 0.5) is 0 Å². The topological polar surface area (TPSA) is 71.4 Å². The lowest BCUT2D eigenvalue weighted by Crippen LogP contribution is -2.39. The zero-order valence-corrected chi connectivity index (χ0v) is 18.5. The van der Waals surface area contributed by atoms with Crippen molar-refractivity contribution in [2.24, 2.45) is 0 Å². The van der Waals surface area contributed by atoms with Crippen LogP contribution in [0.15, 0.2) is 42.5 Å². The third kappa shape index (κ3) is 5.40. The fraction of sp³-hybridized carbons (Fsp3) is 0.500. The van der Waals surface area contributed by atoms with E-state index in [0.29, 0.717) is 31.3 Å². The number of aliphatic hydroxyl groups is 2. The Morgan fingerprint density at radius 3 is 2.52 bits per heavy atom. The monoisotopic (exact) mass is 447 g/mol. The molecule has 2 aromatic carbocycles. The van der Waals surface area contributed by atoms with E-state index < -0.39 is 12.4 Å². The van der Waals surface area contributed by atoms with Crippen LogP contribution in [0.3, 0.4) is 0 Å². The first-order valence-electron chi connectivity index (χ1n) is 10.9. The molecule has 0 amide bonds. The summed E-state index contributed by atoms with van der Waals surface area (Å²) < 4.78 is 16.9. The second kappa shape index (κ2) is 10.3. The Hall–Kier alpha value is -1.67. The second-order valence-electron chi connectivity index (χ2n) is 8.04. The molecule has 2 N–H and O–H groups in total. The van der Waals surface area contributed by atoms with E-state index in [4.69, 9.17) is 25.8 Å². The van der Waals surface area contributed by atoms with Crippen molar-refractivity contribution in [3.63, 3.8) is 0 Å². The van der Waals surface area contributed by atoms with Crippen LogP contribution >= 0.6 is 11.6 Å². The number of aliphatic hydroxyl groups excluding tert-OH is 2. The predicted octanol–water partition coefficient (Wildman–Crippen LogP) is 3.69. The van der Waals surface area contributed by atoms with Gasteiger partial charge in [0, 0.05) is 31.0 Å². The van der Waals surface area contributed by atoms with Crippen molar-refractivity contribution in [1.82, 2.24) is 4.90 Å². The molecule has 4 atom stereocenters. The van der Waals surface area contributed by atoms with E-state index >= 15 is 0 Å². The molecule has 2 fully saturated rings. The minimum absolute atomic E-state index is 0.0505. The van der Waals surface area contributed by atoms with Gasteiger partial charge < -0.3 is 24.4 Å². The predicted molar refractivity (Wildman–Crippen MR) is 118 cm³/mol. The number of rotatable bonds is 6. The lowest BCUT2D eigenvalue weighted by Gasteiger charge is -2.36. The third-order valence-corrected chi connectivity index (χ3v) is 6.23. The quantitative estimate of drug-likeness (QED) is 0.703. The van der Waals surface area contributed by atoms with Gasteiger partial charge in [0.25, 0.3) is 0 Å².